The quantitative estimate of drug-likeness (QED) is 0.0723. The van der Waals surface area contributed by atoms with E-state index in [0.29, 0.717) is 54.6 Å². The second kappa shape index (κ2) is 17.4. The zero-order valence-corrected chi connectivity index (χ0v) is 34.7. The number of nitrogens with one attached hydrogen (secondary N) is 2. The standard InChI is InChI=1S/C42H40ClF4N5O3S3/c1-27-35(26-53)40(41(50(27)2)28-11-13-30(43)14-12-28)29-7-6-8-32(23-29)51-19-21-52(22-20-51)38-18-15-31(24-36(38)44)48-57-34-16-17-37(49-56-33-9-4-3-5-10-33)39(25-34)58(54,55)42(45,46)47/h3-15,18,23-26,34,37,48-49H,16-17,19-22H2,1-2H3. The molecule has 0 radical (unpaired) electrons. The van der Waals surface area contributed by atoms with E-state index in [4.69, 9.17) is 11.6 Å². The molecule has 8 nitrogen and oxygen atoms in total. The lowest BCUT2D eigenvalue weighted by Crippen LogP contribution is -2.46. The first kappa shape index (κ1) is 41.7. The fourth-order valence-corrected chi connectivity index (χ4v) is 10.5. The van der Waals surface area contributed by atoms with E-state index in [-0.39, 0.29) is 6.42 Å². The molecule has 1 aromatic heterocycles. The van der Waals surface area contributed by atoms with Gasteiger partial charge in [-0.15, -0.1) is 0 Å². The zero-order chi connectivity index (χ0) is 41.2. The van der Waals surface area contributed by atoms with Gasteiger partial charge in [0, 0.05) is 76.6 Å². The third kappa shape index (κ3) is 8.79. The van der Waals surface area contributed by atoms with E-state index in [2.05, 4.69) is 20.4 Å². The average molecular weight is 870 g/mol. The molecule has 16 heteroatoms. The Balaban J connectivity index is 1.01. The predicted octanol–water partition coefficient (Wildman–Crippen LogP) is 10.3. The zero-order valence-electron chi connectivity index (χ0n) is 31.5. The van der Waals surface area contributed by atoms with Crippen LogP contribution in [0.2, 0.25) is 5.02 Å². The van der Waals surface area contributed by atoms with Gasteiger partial charge >= 0.3 is 5.51 Å². The number of rotatable bonds is 12. The largest absolute Gasteiger partial charge is 0.501 e. The van der Waals surface area contributed by atoms with Crippen LogP contribution in [-0.2, 0) is 16.9 Å². The molecule has 5 aromatic rings. The SMILES string of the molecule is Cc1c(C=O)c(-c2cccc(N3CCN(c4ccc(NSC5C=C(S(=O)(=O)C(F)(F)F)C(NSc6ccccc6)CC5)cc4F)CC3)c2)c(-c2ccc(Cl)cc2)n1C. The van der Waals surface area contributed by atoms with Gasteiger partial charge in [0.15, 0.2) is 6.29 Å². The number of nitrogens with zero attached hydrogens (tertiary/aromatic N) is 3. The summed E-state index contributed by atoms with van der Waals surface area (Å²) in [5.41, 5.74) is 1.44. The fraction of sp³-hybridized carbons (Fsp3) is 0.262. The van der Waals surface area contributed by atoms with Crippen molar-refractivity contribution in [2.75, 3.05) is 40.7 Å². The Morgan fingerprint density at radius 3 is 2.24 bits per heavy atom. The van der Waals surface area contributed by atoms with Crippen molar-refractivity contribution in [2.24, 2.45) is 7.05 Å². The number of aromatic nitrogens is 1. The van der Waals surface area contributed by atoms with Gasteiger partial charge in [0.2, 0.25) is 0 Å². The minimum atomic E-state index is -5.59. The van der Waals surface area contributed by atoms with Crippen LogP contribution in [0.5, 0.6) is 0 Å². The number of aldehydes is 1. The number of carbonyl (C=O) groups is 1. The number of benzene rings is 4. The van der Waals surface area contributed by atoms with Gasteiger partial charge in [-0.1, -0.05) is 60.1 Å². The number of alkyl halides is 3. The molecule has 1 fully saturated rings. The van der Waals surface area contributed by atoms with Crippen molar-refractivity contribution in [1.29, 1.82) is 0 Å². The number of hydrogen-bond acceptors (Lipinski definition) is 9. The third-order valence-electron chi connectivity index (χ3n) is 10.5. The molecule has 1 saturated heterocycles. The lowest BCUT2D eigenvalue weighted by molar-refractivity contribution is -0.0428. The summed E-state index contributed by atoms with van der Waals surface area (Å²) < 4.78 is 90.0. The summed E-state index contributed by atoms with van der Waals surface area (Å²) in [6.45, 7) is 4.26. The average Bonchev–Trinajstić information content (AvgIpc) is 3.48. The van der Waals surface area contributed by atoms with Crippen LogP contribution < -0.4 is 19.2 Å². The molecule has 4 aromatic carbocycles. The minimum absolute atomic E-state index is 0.153. The maximum absolute atomic E-state index is 15.6. The Bertz CT molecular complexity index is 2420. The van der Waals surface area contributed by atoms with Crippen molar-refractivity contribution in [1.82, 2.24) is 9.29 Å². The minimum Gasteiger partial charge on any atom is -0.368 e. The Hall–Kier alpha value is -4.41. The molecule has 304 valence electrons. The van der Waals surface area contributed by atoms with Crippen LogP contribution in [0.4, 0.5) is 34.6 Å². The van der Waals surface area contributed by atoms with Gasteiger partial charge in [-0.05, 0) is 109 Å². The highest BCUT2D eigenvalue weighted by Gasteiger charge is 2.51. The van der Waals surface area contributed by atoms with Crippen LogP contribution in [0, 0.1) is 12.7 Å². The van der Waals surface area contributed by atoms with Crippen molar-refractivity contribution in [3.8, 4) is 22.4 Å². The number of hydrogen-bond donors (Lipinski definition) is 2. The lowest BCUT2D eigenvalue weighted by atomic mass is 9.97. The molecule has 2 heterocycles. The molecular formula is C42H40ClF4N5O3S3. The van der Waals surface area contributed by atoms with Crippen LogP contribution >= 0.6 is 35.5 Å². The summed E-state index contributed by atoms with van der Waals surface area (Å²) in [5, 5.41) is 0.0133. The topological polar surface area (TPSA) is 86.7 Å². The van der Waals surface area contributed by atoms with Gasteiger partial charge in [-0.2, -0.15) is 13.2 Å². The molecule has 1 aliphatic heterocycles. The van der Waals surface area contributed by atoms with Gasteiger partial charge in [-0.25, -0.2) is 12.8 Å². The Kier molecular flexibility index (Phi) is 12.5. The van der Waals surface area contributed by atoms with Crippen LogP contribution in [0.1, 0.15) is 28.9 Å². The van der Waals surface area contributed by atoms with E-state index in [9.17, 15) is 26.4 Å². The van der Waals surface area contributed by atoms with Gasteiger partial charge in [0.1, 0.15) is 5.82 Å². The van der Waals surface area contributed by atoms with E-state index >= 15 is 4.39 Å². The molecule has 0 saturated carbocycles. The van der Waals surface area contributed by atoms with E-state index < -0.39 is 37.4 Å². The maximum Gasteiger partial charge on any atom is 0.501 e. The van der Waals surface area contributed by atoms with Crippen molar-refractivity contribution in [3.05, 3.63) is 130 Å². The van der Waals surface area contributed by atoms with Crippen LogP contribution in [0.3, 0.4) is 0 Å². The lowest BCUT2D eigenvalue weighted by Gasteiger charge is -2.37. The number of piperazine rings is 1. The van der Waals surface area contributed by atoms with Crippen LogP contribution in [0.15, 0.2) is 113 Å². The number of sulfone groups is 1. The molecule has 1 aliphatic carbocycles. The molecule has 7 rings (SSSR count). The first-order valence-electron chi connectivity index (χ1n) is 18.5. The first-order chi connectivity index (χ1) is 27.7. The highest BCUT2D eigenvalue weighted by Crippen LogP contribution is 2.41. The van der Waals surface area contributed by atoms with Crippen molar-refractivity contribution in [3.63, 3.8) is 0 Å². The van der Waals surface area contributed by atoms with E-state index in [0.717, 1.165) is 74.9 Å². The Morgan fingerprint density at radius 2 is 1.57 bits per heavy atom. The summed E-state index contributed by atoms with van der Waals surface area (Å²) >= 11 is 8.30. The van der Waals surface area contributed by atoms with E-state index in [1.807, 2.05) is 65.9 Å². The molecule has 0 amide bonds. The van der Waals surface area contributed by atoms with Crippen molar-refractivity contribution >= 4 is 68.7 Å². The maximum atomic E-state index is 15.6. The summed E-state index contributed by atoms with van der Waals surface area (Å²) in [7, 11) is -3.65. The molecule has 2 N–H and O–H groups in total. The third-order valence-corrected chi connectivity index (χ3v) is 14.3. The van der Waals surface area contributed by atoms with Crippen molar-refractivity contribution < 1.29 is 30.8 Å². The molecule has 2 unspecified atom stereocenters. The van der Waals surface area contributed by atoms with E-state index in [1.54, 1.807) is 42.5 Å². The molecule has 2 aliphatic rings. The summed E-state index contributed by atoms with van der Waals surface area (Å²) in [6.07, 6.45) is 2.59. The smallest absolute Gasteiger partial charge is 0.368 e. The second-order valence-electron chi connectivity index (χ2n) is 14.0. The predicted molar refractivity (Wildman–Crippen MR) is 229 cm³/mol. The summed E-state index contributed by atoms with van der Waals surface area (Å²) in [6, 6.07) is 28.2. The van der Waals surface area contributed by atoms with Gasteiger partial charge in [0.25, 0.3) is 9.84 Å². The second-order valence-corrected chi connectivity index (χ2v) is 18.4. The molecule has 2 atom stereocenters. The fourth-order valence-electron chi connectivity index (χ4n) is 7.34. The monoisotopic (exact) mass is 869 g/mol. The Morgan fingerprint density at radius 1 is 0.862 bits per heavy atom. The van der Waals surface area contributed by atoms with Gasteiger partial charge in [0.05, 0.1) is 22.3 Å². The van der Waals surface area contributed by atoms with Gasteiger partial charge < -0.3 is 19.1 Å². The number of halogens is 5. The molecule has 58 heavy (non-hydrogen) atoms. The van der Waals surface area contributed by atoms with Crippen LogP contribution in [-0.4, -0.2) is 62.3 Å². The number of anilines is 3. The summed E-state index contributed by atoms with van der Waals surface area (Å²) in [4.78, 5) is 16.6. The summed E-state index contributed by atoms with van der Waals surface area (Å²) in [5.74, 6) is -0.460. The highest BCUT2D eigenvalue weighted by atomic mass is 35.5. The van der Waals surface area contributed by atoms with Crippen molar-refractivity contribution in [2.45, 2.75) is 41.5 Å². The van der Waals surface area contributed by atoms with E-state index in [1.165, 1.54) is 6.07 Å². The normalized spacial score (nSPS) is 17.6. The first-order valence-corrected chi connectivity index (χ1v) is 22.0. The van der Waals surface area contributed by atoms with Crippen LogP contribution in [0.25, 0.3) is 22.4 Å². The molecule has 0 bridgehead atoms. The molecular weight excluding hydrogens is 830 g/mol. The highest BCUT2D eigenvalue weighted by molar-refractivity contribution is 8.01. The van der Waals surface area contributed by atoms with Gasteiger partial charge in [-0.3, -0.25) is 9.52 Å². The molecule has 0 spiro atoms. The number of carbonyl (C=O) groups excluding carboxylic acids is 1. The Labute approximate surface area is 348 Å².